The van der Waals surface area contributed by atoms with Crippen LogP contribution in [0.1, 0.15) is 5.56 Å². The zero-order valence-electron chi connectivity index (χ0n) is 8.37. The van der Waals surface area contributed by atoms with E-state index in [-0.39, 0.29) is 0 Å². The van der Waals surface area contributed by atoms with Crippen molar-refractivity contribution >= 4 is 16.5 Å². The summed E-state index contributed by atoms with van der Waals surface area (Å²) in [4.78, 5) is 0. The molecule has 0 atom stereocenters. The molecule has 0 spiro atoms. The molecule has 2 N–H and O–H groups in total. The second kappa shape index (κ2) is 3.22. The highest BCUT2D eigenvalue weighted by Crippen LogP contribution is 2.26. The van der Waals surface area contributed by atoms with Crippen molar-refractivity contribution < 1.29 is 4.74 Å². The number of hydrogen-bond acceptors (Lipinski definition) is 2. The van der Waals surface area contributed by atoms with E-state index in [2.05, 4.69) is 6.07 Å². The minimum absolute atomic E-state index is 0.805. The summed E-state index contributed by atoms with van der Waals surface area (Å²) < 4.78 is 5.15. The van der Waals surface area contributed by atoms with Crippen molar-refractivity contribution in [1.29, 1.82) is 0 Å². The summed E-state index contributed by atoms with van der Waals surface area (Å²) in [5.41, 5.74) is 7.91. The van der Waals surface area contributed by atoms with Gasteiger partial charge in [-0.15, -0.1) is 0 Å². The largest absolute Gasteiger partial charge is 0.497 e. The van der Waals surface area contributed by atoms with Gasteiger partial charge < -0.3 is 10.5 Å². The van der Waals surface area contributed by atoms with Crippen LogP contribution in [0.3, 0.4) is 0 Å². The summed E-state index contributed by atoms with van der Waals surface area (Å²) in [5.74, 6) is 0.841. The number of nitrogens with two attached hydrogens (primary N) is 1. The number of rotatable bonds is 1. The monoisotopic (exact) mass is 187 g/mol. The first-order chi connectivity index (χ1) is 6.70. The lowest BCUT2D eigenvalue weighted by atomic mass is 10.1. The van der Waals surface area contributed by atoms with E-state index in [1.54, 1.807) is 7.11 Å². The number of benzene rings is 2. The summed E-state index contributed by atoms with van der Waals surface area (Å²) in [5, 5.41) is 2.21. The van der Waals surface area contributed by atoms with Gasteiger partial charge in [0.05, 0.1) is 7.11 Å². The second-order valence-electron chi connectivity index (χ2n) is 3.44. The van der Waals surface area contributed by atoms with Crippen molar-refractivity contribution in [3.63, 3.8) is 0 Å². The molecule has 2 nitrogen and oxygen atoms in total. The normalized spacial score (nSPS) is 10.4. The number of nitrogen functional groups attached to an aromatic ring is 1. The average Bonchev–Trinajstić information content (AvgIpc) is 2.17. The summed E-state index contributed by atoms with van der Waals surface area (Å²) in [6.07, 6.45) is 0. The van der Waals surface area contributed by atoms with Gasteiger partial charge >= 0.3 is 0 Å². The molecule has 0 saturated heterocycles. The van der Waals surface area contributed by atoms with Gasteiger partial charge in [0, 0.05) is 11.1 Å². The Morgan fingerprint density at radius 2 is 1.93 bits per heavy atom. The SMILES string of the molecule is COc1ccc2cc(C)cc(N)c2c1. The third-order valence-electron chi connectivity index (χ3n) is 2.34. The molecular formula is C12H13NO. The van der Waals surface area contributed by atoms with Gasteiger partial charge in [-0.3, -0.25) is 0 Å². The lowest BCUT2D eigenvalue weighted by molar-refractivity contribution is 0.415. The highest BCUT2D eigenvalue weighted by molar-refractivity contribution is 5.94. The fourth-order valence-corrected chi connectivity index (χ4v) is 1.65. The maximum Gasteiger partial charge on any atom is 0.119 e. The number of fused-ring (bicyclic) bond motifs is 1. The van der Waals surface area contributed by atoms with E-state index in [1.807, 2.05) is 31.2 Å². The minimum Gasteiger partial charge on any atom is -0.497 e. The summed E-state index contributed by atoms with van der Waals surface area (Å²) >= 11 is 0. The van der Waals surface area contributed by atoms with Crippen LogP contribution in [0.5, 0.6) is 5.75 Å². The molecule has 0 heterocycles. The lowest BCUT2D eigenvalue weighted by Gasteiger charge is -2.06. The zero-order valence-corrected chi connectivity index (χ0v) is 8.37. The van der Waals surface area contributed by atoms with Crippen LogP contribution in [0.2, 0.25) is 0 Å². The molecule has 0 radical (unpaired) electrons. The highest BCUT2D eigenvalue weighted by Gasteiger charge is 2.00. The van der Waals surface area contributed by atoms with Crippen molar-refractivity contribution in [3.8, 4) is 5.75 Å². The smallest absolute Gasteiger partial charge is 0.119 e. The van der Waals surface area contributed by atoms with Crippen molar-refractivity contribution in [2.75, 3.05) is 12.8 Å². The Balaban J connectivity index is 2.75. The number of ether oxygens (including phenoxy) is 1. The molecule has 72 valence electrons. The Hall–Kier alpha value is -1.70. The second-order valence-corrected chi connectivity index (χ2v) is 3.44. The van der Waals surface area contributed by atoms with Crippen LogP contribution in [0.15, 0.2) is 30.3 Å². The fraction of sp³-hybridized carbons (Fsp3) is 0.167. The van der Waals surface area contributed by atoms with E-state index in [1.165, 1.54) is 5.56 Å². The lowest BCUT2D eigenvalue weighted by Crippen LogP contribution is -1.89. The molecule has 0 aliphatic carbocycles. The van der Waals surface area contributed by atoms with Crippen molar-refractivity contribution in [2.45, 2.75) is 6.92 Å². The molecule has 0 unspecified atom stereocenters. The van der Waals surface area contributed by atoms with Gasteiger partial charge in [0.1, 0.15) is 5.75 Å². The first kappa shape index (κ1) is 8.88. The molecular weight excluding hydrogens is 174 g/mol. The standard InChI is InChI=1S/C12H13NO/c1-8-5-9-3-4-10(14-2)7-11(9)12(13)6-8/h3-7H,13H2,1-2H3. The van der Waals surface area contributed by atoms with Gasteiger partial charge in [0.15, 0.2) is 0 Å². The molecule has 2 heteroatoms. The van der Waals surface area contributed by atoms with E-state index >= 15 is 0 Å². The topological polar surface area (TPSA) is 35.2 Å². The summed E-state index contributed by atoms with van der Waals surface area (Å²) in [7, 11) is 1.66. The molecule has 0 amide bonds. The highest BCUT2D eigenvalue weighted by atomic mass is 16.5. The molecule has 14 heavy (non-hydrogen) atoms. The van der Waals surface area contributed by atoms with Crippen LogP contribution in [0.25, 0.3) is 10.8 Å². The molecule has 0 aromatic heterocycles. The van der Waals surface area contributed by atoms with Crippen LogP contribution < -0.4 is 10.5 Å². The first-order valence-electron chi connectivity index (χ1n) is 4.54. The van der Waals surface area contributed by atoms with Crippen LogP contribution in [0, 0.1) is 6.92 Å². The molecule has 0 aliphatic rings. The van der Waals surface area contributed by atoms with E-state index in [9.17, 15) is 0 Å². The molecule has 2 aromatic carbocycles. The van der Waals surface area contributed by atoms with Crippen LogP contribution in [-0.2, 0) is 0 Å². The Kier molecular flexibility index (Phi) is 2.04. The zero-order chi connectivity index (χ0) is 10.1. The molecule has 2 aromatic rings. The minimum atomic E-state index is 0.805. The maximum absolute atomic E-state index is 5.93. The predicted molar refractivity (Wildman–Crippen MR) is 59.6 cm³/mol. The van der Waals surface area contributed by atoms with E-state index in [0.29, 0.717) is 0 Å². The van der Waals surface area contributed by atoms with Crippen molar-refractivity contribution in [1.82, 2.24) is 0 Å². The molecule has 0 fully saturated rings. The molecule has 0 aliphatic heterocycles. The quantitative estimate of drug-likeness (QED) is 0.697. The number of anilines is 1. The van der Waals surface area contributed by atoms with Crippen LogP contribution >= 0.6 is 0 Å². The Morgan fingerprint density at radius 1 is 1.14 bits per heavy atom. The van der Waals surface area contributed by atoms with Gasteiger partial charge in [-0.05, 0) is 36.1 Å². The van der Waals surface area contributed by atoms with Crippen molar-refractivity contribution in [3.05, 3.63) is 35.9 Å². The maximum atomic E-state index is 5.93. The van der Waals surface area contributed by atoms with Gasteiger partial charge in [-0.25, -0.2) is 0 Å². The van der Waals surface area contributed by atoms with Gasteiger partial charge in [-0.2, -0.15) is 0 Å². The number of methoxy groups -OCH3 is 1. The Bertz CT molecular complexity index is 477. The van der Waals surface area contributed by atoms with E-state index in [0.717, 1.165) is 22.2 Å². The summed E-state index contributed by atoms with van der Waals surface area (Å²) in [6, 6.07) is 10.0. The van der Waals surface area contributed by atoms with E-state index < -0.39 is 0 Å². The predicted octanol–water partition coefficient (Wildman–Crippen LogP) is 2.74. The van der Waals surface area contributed by atoms with E-state index in [4.69, 9.17) is 10.5 Å². The van der Waals surface area contributed by atoms with Crippen LogP contribution in [-0.4, -0.2) is 7.11 Å². The molecule has 0 saturated carbocycles. The molecule has 2 rings (SSSR count). The van der Waals surface area contributed by atoms with Gasteiger partial charge in [-0.1, -0.05) is 12.1 Å². The van der Waals surface area contributed by atoms with Crippen LogP contribution in [0.4, 0.5) is 5.69 Å². The molecule has 0 bridgehead atoms. The number of aryl methyl sites for hydroxylation is 1. The fourth-order valence-electron chi connectivity index (χ4n) is 1.65. The summed E-state index contributed by atoms with van der Waals surface area (Å²) in [6.45, 7) is 2.04. The first-order valence-corrected chi connectivity index (χ1v) is 4.54. The third kappa shape index (κ3) is 1.39. The average molecular weight is 187 g/mol. The van der Waals surface area contributed by atoms with Gasteiger partial charge in [0.25, 0.3) is 0 Å². The third-order valence-corrected chi connectivity index (χ3v) is 2.34. The Labute approximate surface area is 83.3 Å². The Morgan fingerprint density at radius 3 is 2.64 bits per heavy atom. The van der Waals surface area contributed by atoms with Gasteiger partial charge in [0.2, 0.25) is 0 Å². The number of hydrogen-bond donors (Lipinski definition) is 1. The van der Waals surface area contributed by atoms with Crippen molar-refractivity contribution in [2.24, 2.45) is 0 Å².